The molecule has 1 atom stereocenters. The van der Waals surface area contributed by atoms with E-state index in [9.17, 15) is 4.79 Å². The molecule has 0 spiro atoms. The lowest BCUT2D eigenvalue weighted by Gasteiger charge is -2.13. The van der Waals surface area contributed by atoms with Gasteiger partial charge in [0, 0.05) is 11.8 Å². The van der Waals surface area contributed by atoms with Gasteiger partial charge >= 0.3 is 0 Å². The number of ether oxygens (including phenoxy) is 2. The molecule has 1 N–H and O–H groups in total. The standard InChI is InChI=1S/C25H25N3O4/c1-16-10-12-22(32-16)17(2)26-25(29)21-15-28(18-8-6-5-7-9-18)27-24(21)20-14-19(30-3)11-13-23(20)31-4/h5-15,17H,1-4H3,(H,26,29). The second-order valence-corrected chi connectivity index (χ2v) is 7.38. The number of benzene rings is 2. The van der Waals surface area contributed by atoms with Crippen LogP contribution in [0.2, 0.25) is 0 Å². The number of nitrogens with one attached hydrogen (secondary N) is 1. The van der Waals surface area contributed by atoms with Gasteiger partial charge in [0.15, 0.2) is 0 Å². The number of hydrogen-bond donors (Lipinski definition) is 1. The van der Waals surface area contributed by atoms with E-state index < -0.39 is 0 Å². The monoisotopic (exact) mass is 431 g/mol. The lowest BCUT2D eigenvalue weighted by atomic mass is 10.1. The van der Waals surface area contributed by atoms with Crippen molar-refractivity contribution >= 4 is 5.91 Å². The molecule has 0 fully saturated rings. The summed E-state index contributed by atoms with van der Waals surface area (Å²) in [6.07, 6.45) is 1.72. The Morgan fingerprint density at radius 3 is 2.50 bits per heavy atom. The van der Waals surface area contributed by atoms with Crippen molar-refractivity contribution in [2.24, 2.45) is 0 Å². The maximum Gasteiger partial charge on any atom is 0.255 e. The first-order chi connectivity index (χ1) is 15.5. The topological polar surface area (TPSA) is 78.5 Å². The summed E-state index contributed by atoms with van der Waals surface area (Å²) in [5, 5.41) is 7.75. The maximum atomic E-state index is 13.3. The molecule has 164 valence electrons. The summed E-state index contributed by atoms with van der Waals surface area (Å²) in [6, 6.07) is 18.5. The number of amides is 1. The summed E-state index contributed by atoms with van der Waals surface area (Å²) in [6.45, 7) is 3.75. The van der Waals surface area contributed by atoms with Crippen molar-refractivity contribution in [1.82, 2.24) is 15.1 Å². The normalized spacial score (nSPS) is 11.8. The van der Waals surface area contributed by atoms with Crippen LogP contribution in [0.5, 0.6) is 11.5 Å². The summed E-state index contributed by atoms with van der Waals surface area (Å²) in [5.41, 5.74) is 2.40. The first-order valence-corrected chi connectivity index (χ1v) is 10.2. The van der Waals surface area contributed by atoms with Gasteiger partial charge in [-0.1, -0.05) is 18.2 Å². The Morgan fingerprint density at radius 1 is 1.06 bits per heavy atom. The molecule has 0 aliphatic rings. The van der Waals surface area contributed by atoms with Gasteiger partial charge in [-0.15, -0.1) is 0 Å². The van der Waals surface area contributed by atoms with Gasteiger partial charge < -0.3 is 19.2 Å². The Hall–Kier alpha value is -4.00. The molecule has 0 saturated heterocycles. The Bertz CT molecular complexity index is 1230. The van der Waals surface area contributed by atoms with Crippen LogP contribution in [0.3, 0.4) is 0 Å². The van der Waals surface area contributed by atoms with Crippen LogP contribution >= 0.6 is 0 Å². The third-order valence-corrected chi connectivity index (χ3v) is 5.18. The van der Waals surface area contributed by atoms with Crippen LogP contribution in [-0.2, 0) is 0 Å². The van der Waals surface area contributed by atoms with Crippen LogP contribution in [-0.4, -0.2) is 29.9 Å². The SMILES string of the molecule is COc1ccc(OC)c(-c2nn(-c3ccccc3)cc2C(=O)NC(C)c2ccc(C)o2)c1. The van der Waals surface area contributed by atoms with E-state index in [1.807, 2.05) is 62.4 Å². The fourth-order valence-corrected chi connectivity index (χ4v) is 3.48. The zero-order valence-corrected chi connectivity index (χ0v) is 18.5. The molecule has 0 saturated carbocycles. The van der Waals surface area contributed by atoms with Gasteiger partial charge in [-0.3, -0.25) is 4.79 Å². The largest absolute Gasteiger partial charge is 0.497 e. The van der Waals surface area contributed by atoms with Crippen LogP contribution in [0.15, 0.2) is 71.3 Å². The average molecular weight is 431 g/mol. The molecule has 7 heteroatoms. The molecule has 0 radical (unpaired) electrons. The summed E-state index contributed by atoms with van der Waals surface area (Å²) in [7, 11) is 3.18. The number of hydrogen-bond acceptors (Lipinski definition) is 5. The highest BCUT2D eigenvalue weighted by Gasteiger charge is 2.24. The van der Waals surface area contributed by atoms with Crippen molar-refractivity contribution in [1.29, 1.82) is 0 Å². The average Bonchev–Trinajstić information content (AvgIpc) is 3.46. The molecule has 0 aliphatic heterocycles. The third-order valence-electron chi connectivity index (χ3n) is 5.18. The number of carbonyl (C=O) groups is 1. The number of rotatable bonds is 7. The van der Waals surface area contributed by atoms with Gasteiger partial charge in [-0.2, -0.15) is 5.10 Å². The van der Waals surface area contributed by atoms with Gasteiger partial charge in [0.05, 0.1) is 31.5 Å². The number of aryl methyl sites for hydroxylation is 1. The highest BCUT2D eigenvalue weighted by molar-refractivity contribution is 6.00. The zero-order valence-electron chi connectivity index (χ0n) is 18.5. The summed E-state index contributed by atoms with van der Waals surface area (Å²) < 4.78 is 18.3. The molecular formula is C25H25N3O4. The fourth-order valence-electron chi connectivity index (χ4n) is 3.48. The lowest BCUT2D eigenvalue weighted by molar-refractivity contribution is 0.0935. The van der Waals surface area contributed by atoms with E-state index >= 15 is 0 Å². The quantitative estimate of drug-likeness (QED) is 0.448. The second-order valence-electron chi connectivity index (χ2n) is 7.38. The van der Waals surface area contributed by atoms with Crippen molar-refractivity contribution in [2.75, 3.05) is 14.2 Å². The van der Waals surface area contributed by atoms with Gasteiger partial charge in [-0.05, 0) is 56.3 Å². The minimum atomic E-state index is -0.309. The molecule has 2 aromatic heterocycles. The van der Waals surface area contributed by atoms with Crippen LogP contribution in [0.25, 0.3) is 16.9 Å². The van der Waals surface area contributed by atoms with Gasteiger partial charge in [0.2, 0.25) is 0 Å². The van der Waals surface area contributed by atoms with Crippen LogP contribution in [0, 0.1) is 6.92 Å². The Kier molecular flexibility index (Phi) is 5.98. The van der Waals surface area contributed by atoms with Crippen molar-refractivity contribution < 1.29 is 18.7 Å². The predicted octanol–water partition coefficient (Wildman–Crippen LogP) is 4.95. The molecule has 7 nitrogen and oxygen atoms in total. The van der Waals surface area contributed by atoms with Crippen LogP contribution in [0.1, 0.15) is 34.8 Å². The number of nitrogens with zero attached hydrogens (tertiary/aromatic N) is 2. The van der Waals surface area contributed by atoms with Gasteiger partial charge in [0.1, 0.15) is 28.7 Å². The molecule has 2 aromatic carbocycles. The molecule has 4 rings (SSSR count). The first-order valence-electron chi connectivity index (χ1n) is 10.2. The minimum Gasteiger partial charge on any atom is -0.497 e. The van der Waals surface area contributed by atoms with Crippen molar-refractivity contribution in [3.63, 3.8) is 0 Å². The van der Waals surface area contributed by atoms with Crippen LogP contribution in [0.4, 0.5) is 0 Å². The lowest BCUT2D eigenvalue weighted by Crippen LogP contribution is -2.26. The van der Waals surface area contributed by atoms with E-state index in [1.54, 1.807) is 37.2 Å². The number of carbonyl (C=O) groups excluding carboxylic acids is 1. The molecular weight excluding hydrogens is 406 g/mol. The second kappa shape index (κ2) is 9.01. The number of furan rings is 1. The summed E-state index contributed by atoms with van der Waals surface area (Å²) in [4.78, 5) is 13.3. The van der Waals surface area contributed by atoms with Crippen molar-refractivity contribution in [2.45, 2.75) is 19.9 Å². The highest BCUT2D eigenvalue weighted by atomic mass is 16.5. The molecule has 0 bridgehead atoms. The van der Waals surface area contributed by atoms with Crippen molar-refractivity contribution in [3.05, 3.63) is 83.9 Å². The maximum absolute atomic E-state index is 13.3. The summed E-state index contributed by atoms with van der Waals surface area (Å²) in [5.74, 6) is 2.44. The number of methoxy groups -OCH3 is 2. The predicted molar refractivity (Wildman–Crippen MR) is 121 cm³/mol. The van der Waals surface area contributed by atoms with Gasteiger partial charge in [0.25, 0.3) is 5.91 Å². The summed E-state index contributed by atoms with van der Waals surface area (Å²) >= 11 is 0. The number of para-hydroxylation sites is 1. The number of aromatic nitrogens is 2. The Labute approximate surface area is 186 Å². The Morgan fingerprint density at radius 2 is 1.84 bits per heavy atom. The highest BCUT2D eigenvalue weighted by Crippen LogP contribution is 2.35. The van der Waals surface area contributed by atoms with Crippen LogP contribution < -0.4 is 14.8 Å². The minimum absolute atomic E-state index is 0.270. The fraction of sp³-hybridized carbons (Fsp3) is 0.200. The molecule has 1 amide bonds. The third kappa shape index (κ3) is 4.23. The van der Waals surface area contributed by atoms with E-state index in [4.69, 9.17) is 19.0 Å². The smallest absolute Gasteiger partial charge is 0.255 e. The Balaban J connectivity index is 1.79. The molecule has 32 heavy (non-hydrogen) atoms. The zero-order chi connectivity index (χ0) is 22.7. The van der Waals surface area contributed by atoms with Crippen molar-refractivity contribution in [3.8, 4) is 28.4 Å². The molecule has 4 aromatic rings. The molecule has 2 heterocycles. The van der Waals surface area contributed by atoms with E-state index in [0.29, 0.717) is 34.1 Å². The molecule has 1 unspecified atom stereocenters. The van der Waals surface area contributed by atoms with E-state index in [2.05, 4.69) is 5.32 Å². The van der Waals surface area contributed by atoms with Gasteiger partial charge in [-0.25, -0.2) is 4.68 Å². The van der Waals surface area contributed by atoms with E-state index in [-0.39, 0.29) is 11.9 Å². The first kappa shape index (κ1) is 21.2. The van der Waals surface area contributed by atoms with E-state index in [0.717, 1.165) is 11.4 Å². The molecule has 0 aliphatic carbocycles. The van der Waals surface area contributed by atoms with E-state index in [1.165, 1.54) is 0 Å².